The number of benzene rings is 2. The van der Waals surface area contributed by atoms with E-state index in [0.29, 0.717) is 0 Å². The maximum Gasteiger partial charge on any atom is 0.255 e. The van der Waals surface area contributed by atoms with Crippen LogP contribution in [0.5, 0.6) is 0 Å². The van der Waals surface area contributed by atoms with Gasteiger partial charge in [0.2, 0.25) is 0 Å². The van der Waals surface area contributed by atoms with Crippen LogP contribution in [0.3, 0.4) is 0 Å². The van der Waals surface area contributed by atoms with Crippen molar-refractivity contribution in [3.8, 4) is 0 Å². The summed E-state index contributed by atoms with van der Waals surface area (Å²) >= 11 is 0. The topological polar surface area (TPSA) is 41.1 Å². The minimum Gasteiger partial charge on any atom is -0.322 e. The molecule has 2 aromatic rings. The maximum absolute atomic E-state index is 12.6. The average Bonchev–Trinajstić information content (AvgIpc) is 2.45. The van der Waals surface area contributed by atoms with Crippen LogP contribution in [-0.2, 0) is 13.0 Å². The van der Waals surface area contributed by atoms with Crippen molar-refractivity contribution in [1.82, 2.24) is 5.32 Å². The van der Waals surface area contributed by atoms with Crippen LogP contribution in [0.25, 0.3) is 0 Å². The predicted molar refractivity (Wildman–Crippen MR) is 85.7 cm³/mol. The van der Waals surface area contributed by atoms with Crippen molar-refractivity contribution in [2.75, 3.05) is 11.9 Å². The number of nitrogens with one attached hydrogen (secondary N) is 2. The van der Waals surface area contributed by atoms with E-state index in [0.717, 1.165) is 41.9 Å². The molecule has 0 atom stereocenters. The van der Waals surface area contributed by atoms with E-state index in [1.165, 1.54) is 11.1 Å². The van der Waals surface area contributed by atoms with Gasteiger partial charge in [-0.05, 0) is 67.3 Å². The number of rotatable bonds is 2. The Bertz CT molecular complexity index is 671. The Morgan fingerprint density at radius 1 is 1.14 bits per heavy atom. The summed E-state index contributed by atoms with van der Waals surface area (Å²) in [6, 6.07) is 12.1. The number of amides is 1. The van der Waals surface area contributed by atoms with Gasteiger partial charge in [0.15, 0.2) is 0 Å². The zero-order chi connectivity index (χ0) is 14.8. The Labute approximate surface area is 125 Å². The molecule has 21 heavy (non-hydrogen) atoms. The highest BCUT2D eigenvalue weighted by Gasteiger charge is 2.17. The molecule has 2 aromatic carbocycles. The zero-order valence-corrected chi connectivity index (χ0v) is 12.5. The fourth-order valence-corrected chi connectivity index (χ4v) is 2.99. The van der Waals surface area contributed by atoms with Gasteiger partial charge in [0, 0.05) is 17.8 Å². The van der Waals surface area contributed by atoms with Crippen LogP contribution in [0.2, 0.25) is 0 Å². The molecule has 3 rings (SSSR count). The van der Waals surface area contributed by atoms with E-state index in [4.69, 9.17) is 0 Å². The number of anilines is 1. The van der Waals surface area contributed by atoms with Crippen molar-refractivity contribution in [1.29, 1.82) is 0 Å². The Morgan fingerprint density at radius 3 is 2.67 bits per heavy atom. The quantitative estimate of drug-likeness (QED) is 0.887. The third-order valence-electron chi connectivity index (χ3n) is 3.86. The molecule has 1 aliphatic heterocycles. The molecule has 1 aliphatic rings. The van der Waals surface area contributed by atoms with Crippen LogP contribution in [-0.4, -0.2) is 12.5 Å². The molecule has 0 bridgehead atoms. The van der Waals surface area contributed by atoms with E-state index in [1.54, 1.807) is 0 Å². The third kappa shape index (κ3) is 2.98. The van der Waals surface area contributed by atoms with Gasteiger partial charge in [0.1, 0.15) is 0 Å². The number of carbonyl (C=O) groups is 1. The van der Waals surface area contributed by atoms with E-state index < -0.39 is 0 Å². The van der Waals surface area contributed by atoms with Gasteiger partial charge in [-0.15, -0.1) is 0 Å². The zero-order valence-electron chi connectivity index (χ0n) is 12.5. The lowest BCUT2D eigenvalue weighted by atomic mass is 9.95. The summed E-state index contributed by atoms with van der Waals surface area (Å²) in [5.41, 5.74) is 6.39. The van der Waals surface area contributed by atoms with Crippen molar-refractivity contribution in [3.05, 3.63) is 64.2 Å². The molecular weight excluding hydrogens is 260 g/mol. The summed E-state index contributed by atoms with van der Waals surface area (Å²) in [4.78, 5) is 12.6. The molecule has 0 fully saturated rings. The Morgan fingerprint density at radius 2 is 1.90 bits per heavy atom. The van der Waals surface area contributed by atoms with Crippen molar-refractivity contribution < 1.29 is 4.79 Å². The first-order valence-electron chi connectivity index (χ1n) is 7.34. The van der Waals surface area contributed by atoms with Crippen LogP contribution in [0.1, 0.15) is 32.6 Å². The summed E-state index contributed by atoms with van der Waals surface area (Å²) in [5, 5.41) is 6.37. The second-order valence-corrected chi connectivity index (χ2v) is 5.70. The third-order valence-corrected chi connectivity index (χ3v) is 3.86. The summed E-state index contributed by atoms with van der Waals surface area (Å²) in [6.45, 7) is 5.86. The van der Waals surface area contributed by atoms with E-state index in [2.05, 4.69) is 22.8 Å². The van der Waals surface area contributed by atoms with Gasteiger partial charge in [-0.3, -0.25) is 4.79 Å². The van der Waals surface area contributed by atoms with Gasteiger partial charge < -0.3 is 10.6 Å². The minimum atomic E-state index is -0.0150. The van der Waals surface area contributed by atoms with Crippen molar-refractivity contribution in [2.24, 2.45) is 0 Å². The normalized spacial score (nSPS) is 13.6. The number of fused-ring (bicyclic) bond motifs is 1. The molecule has 2 N–H and O–H groups in total. The molecule has 3 heteroatoms. The van der Waals surface area contributed by atoms with Gasteiger partial charge in [-0.2, -0.15) is 0 Å². The predicted octanol–water partition coefficient (Wildman–Crippen LogP) is 3.20. The fourth-order valence-electron chi connectivity index (χ4n) is 2.99. The highest BCUT2D eigenvalue weighted by atomic mass is 16.1. The molecule has 108 valence electrons. The van der Waals surface area contributed by atoms with Gasteiger partial charge >= 0.3 is 0 Å². The van der Waals surface area contributed by atoms with Gasteiger partial charge in [0.05, 0.1) is 0 Å². The molecule has 0 unspecified atom stereocenters. The standard InChI is InChI=1S/C18H20N2O/c1-12-8-13(2)10-15(9-12)20-18(21)17-5-3-4-14-11-19-7-6-16(14)17/h3-5,8-10,19H,6-7,11H2,1-2H3,(H,20,21). The Balaban J connectivity index is 1.89. The van der Waals surface area contributed by atoms with Crippen molar-refractivity contribution in [2.45, 2.75) is 26.8 Å². The van der Waals surface area contributed by atoms with Gasteiger partial charge in [0.25, 0.3) is 5.91 Å². The lowest BCUT2D eigenvalue weighted by Gasteiger charge is -2.20. The largest absolute Gasteiger partial charge is 0.322 e. The summed E-state index contributed by atoms with van der Waals surface area (Å²) in [5.74, 6) is -0.0150. The Kier molecular flexibility index (Phi) is 3.76. The molecule has 1 amide bonds. The summed E-state index contributed by atoms with van der Waals surface area (Å²) < 4.78 is 0. The second kappa shape index (κ2) is 5.70. The lowest BCUT2D eigenvalue weighted by Crippen LogP contribution is -2.26. The smallest absolute Gasteiger partial charge is 0.255 e. The molecule has 0 radical (unpaired) electrons. The molecule has 1 heterocycles. The Hall–Kier alpha value is -2.13. The minimum absolute atomic E-state index is 0.0150. The molecule has 0 saturated heterocycles. The fraction of sp³-hybridized carbons (Fsp3) is 0.278. The first-order chi connectivity index (χ1) is 10.1. The number of hydrogen-bond donors (Lipinski definition) is 2. The number of hydrogen-bond acceptors (Lipinski definition) is 2. The summed E-state index contributed by atoms with van der Waals surface area (Å²) in [7, 11) is 0. The van der Waals surface area contributed by atoms with Crippen LogP contribution in [0.4, 0.5) is 5.69 Å². The van der Waals surface area contributed by atoms with E-state index >= 15 is 0 Å². The number of aryl methyl sites for hydroxylation is 2. The molecule has 0 aromatic heterocycles. The van der Waals surface area contributed by atoms with Crippen LogP contribution in [0.15, 0.2) is 36.4 Å². The van der Waals surface area contributed by atoms with Crippen LogP contribution in [0, 0.1) is 13.8 Å². The van der Waals surface area contributed by atoms with Gasteiger partial charge in [-0.25, -0.2) is 0 Å². The first-order valence-corrected chi connectivity index (χ1v) is 7.34. The first kappa shape index (κ1) is 13.8. The second-order valence-electron chi connectivity index (χ2n) is 5.70. The van der Waals surface area contributed by atoms with E-state index in [1.807, 2.05) is 38.1 Å². The monoisotopic (exact) mass is 280 g/mol. The van der Waals surface area contributed by atoms with Crippen LogP contribution >= 0.6 is 0 Å². The number of carbonyl (C=O) groups excluding carboxylic acids is 1. The molecule has 0 spiro atoms. The molecule has 0 saturated carbocycles. The van der Waals surface area contributed by atoms with Crippen molar-refractivity contribution in [3.63, 3.8) is 0 Å². The maximum atomic E-state index is 12.6. The molecule has 0 aliphatic carbocycles. The molecular formula is C18H20N2O. The summed E-state index contributed by atoms with van der Waals surface area (Å²) in [6.07, 6.45) is 0.909. The highest BCUT2D eigenvalue weighted by molar-refractivity contribution is 6.05. The lowest BCUT2D eigenvalue weighted by molar-refractivity contribution is 0.102. The van der Waals surface area contributed by atoms with E-state index in [9.17, 15) is 4.79 Å². The van der Waals surface area contributed by atoms with Crippen LogP contribution < -0.4 is 10.6 Å². The highest BCUT2D eigenvalue weighted by Crippen LogP contribution is 2.21. The van der Waals surface area contributed by atoms with E-state index in [-0.39, 0.29) is 5.91 Å². The SMILES string of the molecule is Cc1cc(C)cc(NC(=O)c2cccc3c2CCNC3)c1. The van der Waals surface area contributed by atoms with Gasteiger partial charge in [-0.1, -0.05) is 18.2 Å². The average molecular weight is 280 g/mol. The molecule has 3 nitrogen and oxygen atoms in total. The van der Waals surface area contributed by atoms with Crippen molar-refractivity contribution >= 4 is 11.6 Å².